The molecule has 0 spiro atoms. The second-order valence-electron chi connectivity index (χ2n) is 10.1. The van der Waals surface area contributed by atoms with Crippen LogP contribution in [0.2, 0.25) is 0 Å². The highest BCUT2D eigenvalue weighted by molar-refractivity contribution is 5.82. The molecular weight excluding hydrogens is 494 g/mol. The molecule has 9 heteroatoms. The zero-order chi connectivity index (χ0) is 27.4. The number of para-hydroxylation sites is 1. The van der Waals surface area contributed by atoms with Gasteiger partial charge in [0.25, 0.3) is 0 Å². The molecule has 39 heavy (non-hydrogen) atoms. The number of fused-ring (bicyclic) bond motifs is 1. The van der Waals surface area contributed by atoms with Gasteiger partial charge in [-0.25, -0.2) is 4.98 Å². The van der Waals surface area contributed by atoms with E-state index in [1.54, 1.807) is 31.4 Å². The Morgan fingerprint density at radius 3 is 2.51 bits per heavy atom. The fourth-order valence-corrected chi connectivity index (χ4v) is 4.98. The maximum atomic E-state index is 12.5. The monoisotopic (exact) mass is 529 g/mol. The fourth-order valence-electron chi connectivity index (χ4n) is 4.98. The Morgan fingerprint density at radius 1 is 1.03 bits per heavy atom. The van der Waals surface area contributed by atoms with Gasteiger partial charge in [0, 0.05) is 24.8 Å². The van der Waals surface area contributed by atoms with Crippen molar-refractivity contribution in [2.45, 2.75) is 39.3 Å². The number of nitrogens with zero attached hydrogens (tertiary/aromatic N) is 4. The van der Waals surface area contributed by atoms with E-state index in [0.717, 1.165) is 59.9 Å². The van der Waals surface area contributed by atoms with Gasteiger partial charge in [-0.3, -0.25) is 14.7 Å². The molecule has 9 nitrogen and oxygen atoms in total. The first-order chi connectivity index (χ1) is 18.9. The summed E-state index contributed by atoms with van der Waals surface area (Å²) in [4.78, 5) is 24.2. The van der Waals surface area contributed by atoms with Crippen LogP contribution in [-0.4, -0.2) is 69.7 Å². The number of Topliss-reactive ketones (excluding diaryl/α,β-unsaturated/α-hetero) is 1. The molecule has 2 N–H and O–H groups in total. The van der Waals surface area contributed by atoms with E-state index in [1.165, 1.54) is 0 Å². The van der Waals surface area contributed by atoms with E-state index in [-0.39, 0.29) is 24.2 Å². The number of ketones is 1. The Balaban J connectivity index is 1.20. The van der Waals surface area contributed by atoms with Crippen LogP contribution >= 0.6 is 0 Å². The van der Waals surface area contributed by atoms with Crippen LogP contribution in [0.3, 0.4) is 0 Å². The largest absolute Gasteiger partial charge is 0.506 e. The molecule has 2 aromatic carbocycles. The summed E-state index contributed by atoms with van der Waals surface area (Å²) in [6.45, 7) is 6.43. The topological polar surface area (TPSA) is 102 Å². The summed E-state index contributed by atoms with van der Waals surface area (Å²) in [5.74, 6) is 2.40. The number of hydrogen-bond donors (Lipinski definition) is 2. The number of carbonyl (C=O) groups excluding carboxylic acids is 1. The lowest BCUT2D eigenvalue weighted by atomic mass is 10.1. The van der Waals surface area contributed by atoms with Crippen molar-refractivity contribution in [2.75, 3.05) is 38.7 Å². The molecule has 0 amide bonds. The van der Waals surface area contributed by atoms with Gasteiger partial charge in [-0.1, -0.05) is 12.1 Å². The number of benzene rings is 2. The molecule has 0 saturated carbocycles. The Kier molecular flexibility index (Phi) is 7.97. The van der Waals surface area contributed by atoms with Crippen molar-refractivity contribution < 1.29 is 19.4 Å². The fraction of sp³-hybridized carbons (Fsp3) is 0.367. The highest BCUT2D eigenvalue weighted by Crippen LogP contribution is 2.27. The molecule has 1 aliphatic heterocycles. The number of pyridine rings is 1. The van der Waals surface area contributed by atoms with Crippen LogP contribution in [-0.2, 0) is 11.3 Å². The van der Waals surface area contributed by atoms with Crippen molar-refractivity contribution in [3.8, 4) is 17.2 Å². The molecule has 3 heterocycles. The zero-order valence-corrected chi connectivity index (χ0v) is 22.7. The van der Waals surface area contributed by atoms with Gasteiger partial charge in [0.05, 0.1) is 31.2 Å². The number of piperidine rings is 1. The quantitative estimate of drug-likeness (QED) is 0.313. The normalized spacial score (nSPS) is 14.4. The average Bonchev–Trinajstić information content (AvgIpc) is 3.29. The number of hydrogen-bond acceptors (Lipinski definition) is 8. The summed E-state index contributed by atoms with van der Waals surface area (Å²) in [5.41, 5.74) is 4.51. The molecule has 0 aliphatic carbocycles. The highest BCUT2D eigenvalue weighted by atomic mass is 16.5. The highest BCUT2D eigenvalue weighted by Gasteiger charge is 2.23. The van der Waals surface area contributed by atoms with Crippen molar-refractivity contribution >= 4 is 22.8 Å². The number of carbonyl (C=O) groups is 1. The summed E-state index contributed by atoms with van der Waals surface area (Å²) in [6.07, 6.45) is 1.78. The molecule has 1 saturated heterocycles. The average molecular weight is 530 g/mol. The third-order valence-electron chi connectivity index (χ3n) is 7.16. The molecule has 204 valence electrons. The van der Waals surface area contributed by atoms with Crippen LogP contribution in [0.4, 0.5) is 5.95 Å². The number of anilines is 1. The number of likely N-dealkylation sites (tertiary alicyclic amines) is 1. The molecular formula is C30H35N5O4. The summed E-state index contributed by atoms with van der Waals surface area (Å²) >= 11 is 0. The van der Waals surface area contributed by atoms with Crippen LogP contribution in [0, 0.1) is 13.8 Å². The smallest absolute Gasteiger partial charge is 0.204 e. The van der Waals surface area contributed by atoms with Crippen molar-refractivity contribution in [1.29, 1.82) is 0 Å². The Labute approximate surface area is 228 Å². The van der Waals surface area contributed by atoms with Crippen molar-refractivity contribution in [3.05, 3.63) is 71.5 Å². The molecule has 0 radical (unpaired) electrons. The number of ether oxygens (including phenoxy) is 2. The third-order valence-corrected chi connectivity index (χ3v) is 7.16. The zero-order valence-electron chi connectivity index (χ0n) is 22.7. The maximum absolute atomic E-state index is 12.5. The van der Waals surface area contributed by atoms with Crippen LogP contribution in [0.5, 0.6) is 17.2 Å². The number of imidazole rings is 1. The van der Waals surface area contributed by atoms with E-state index in [1.807, 2.05) is 25.1 Å². The molecule has 5 rings (SSSR count). The maximum Gasteiger partial charge on any atom is 0.204 e. The molecule has 0 bridgehead atoms. The number of nitrogens with one attached hydrogen (secondary N) is 1. The summed E-state index contributed by atoms with van der Waals surface area (Å²) in [5, 5.41) is 14.1. The SMILES string of the molecule is COc1ccc(OCC(=O)CN2CCC(Nc3nc4c(C)cccc4n3Cc3nc(C)ccc3O)CC2)cc1. The number of aryl methyl sites for hydroxylation is 2. The first kappa shape index (κ1) is 26.5. The number of rotatable bonds is 10. The number of aromatic hydroxyl groups is 1. The van der Waals surface area contributed by atoms with Crippen molar-refractivity contribution in [2.24, 2.45) is 0 Å². The minimum Gasteiger partial charge on any atom is -0.506 e. The van der Waals surface area contributed by atoms with Gasteiger partial charge in [-0.05, 0) is 74.7 Å². The predicted octanol–water partition coefficient (Wildman–Crippen LogP) is 4.34. The molecule has 4 aromatic rings. The molecule has 1 fully saturated rings. The van der Waals surface area contributed by atoms with Gasteiger partial charge in [0.2, 0.25) is 5.95 Å². The molecule has 2 aromatic heterocycles. The molecule has 1 aliphatic rings. The van der Waals surface area contributed by atoms with E-state index in [0.29, 0.717) is 24.5 Å². The first-order valence-electron chi connectivity index (χ1n) is 13.3. The first-order valence-corrected chi connectivity index (χ1v) is 13.3. The standard InChI is InChI=1S/C30H35N5O4/c1-20-5-4-6-27-29(20)33-30(35(27)18-26-28(37)12-7-21(2)31-26)32-22-13-15-34(16-14-22)17-23(36)19-39-25-10-8-24(38-3)9-11-25/h4-12,22,37H,13-19H2,1-3H3,(H,32,33). The minimum atomic E-state index is 0.0493. The Hall–Kier alpha value is -4.11. The van der Waals surface area contributed by atoms with Gasteiger partial charge >= 0.3 is 0 Å². The van der Waals surface area contributed by atoms with E-state index in [9.17, 15) is 9.90 Å². The Morgan fingerprint density at radius 2 is 1.77 bits per heavy atom. The van der Waals surface area contributed by atoms with E-state index < -0.39 is 0 Å². The van der Waals surface area contributed by atoms with Gasteiger partial charge in [0.1, 0.15) is 29.5 Å². The Bertz CT molecular complexity index is 1440. The van der Waals surface area contributed by atoms with Crippen molar-refractivity contribution in [1.82, 2.24) is 19.4 Å². The van der Waals surface area contributed by atoms with Crippen LogP contribution in [0.1, 0.15) is 29.8 Å². The van der Waals surface area contributed by atoms with E-state index in [2.05, 4.69) is 38.8 Å². The lowest BCUT2D eigenvalue weighted by molar-refractivity contribution is -0.122. The summed E-state index contributed by atoms with van der Waals surface area (Å²) < 4.78 is 12.9. The van der Waals surface area contributed by atoms with Gasteiger partial charge < -0.3 is 24.5 Å². The lowest BCUT2D eigenvalue weighted by Crippen LogP contribution is -2.42. The second-order valence-corrected chi connectivity index (χ2v) is 10.1. The van der Waals surface area contributed by atoms with Gasteiger partial charge in [0.15, 0.2) is 5.78 Å². The van der Waals surface area contributed by atoms with E-state index in [4.69, 9.17) is 14.5 Å². The molecule has 0 unspecified atom stereocenters. The van der Waals surface area contributed by atoms with Crippen LogP contribution in [0.15, 0.2) is 54.6 Å². The summed E-state index contributed by atoms with van der Waals surface area (Å²) in [6, 6.07) is 17.1. The van der Waals surface area contributed by atoms with E-state index >= 15 is 0 Å². The van der Waals surface area contributed by atoms with Crippen molar-refractivity contribution in [3.63, 3.8) is 0 Å². The predicted molar refractivity (Wildman–Crippen MR) is 151 cm³/mol. The minimum absolute atomic E-state index is 0.0493. The van der Waals surface area contributed by atoms with Crippen LogP contribution in [0.25, 0.3) is 11.0 Å². The number of methoxy groups -OCH3 is 1. The summed E-state index contributed by atoms with van der Waals surface area (Å²) in [7, 11) is 1.61. The third kappa shape index (κ3) is 6.31. The van der Waals surface area contributed by atoms with Crippen LogP contribution < -0.4 is 14.8 Å². The second kappa shape index (κ2) is 11.7. The van der Waals surface area contributed by atoms with Gasteiger partial charge in [-0.2, -0.15) is 0 Å². The lowest BCUT2D eigenvalue weighted by Gasteiger charge is -2.32. The molecule has 0 atom stereocenters. The number of aromatic nitrogens is 3. The van der Waals surface area contributed by atoms with Gasteiger partial charge in [-0.15, -0.1) is 0 Å².